The summed E-state index contributed by atoms with van der Waals surface area (Å²) in [7, 11) is 0. The van der Waals surface area contributed by atoms with Crippen molar-refractivity contribution in [2.45, 2.75) is 13.5 Å². The van der Waals surface area contributed by atoms with Crippen LogP contribution in [0.3, 0.4) is 0 Å². The highest BCUT2D eigenvalue weighted by molar-refractivity contribution is 5.93. The Bertz CT molecular complexity index is 1150. The first-order chi connectivity index (χ1) is 14.7. The lowest BCUT2D eigenvalue weighted by molar-refractivity contribution is 0.0706. The molecule has 3 N–H and O–H groups in total. The minimum Gasteiger partial charge on any atom is -0.378 e. The van der Waals surface area contributed by atoms with Crippen LogP contribution in [-0.4, -0.2) is 25.9 Å². The van der Waals surface area contributed by atoms with Crippen LogP contribution < -0.4 is 10.8 Å². The fourth-order valence-corrected chi connectivity index (χ4v) is 3.16. The number of benzene rings is 3. The summed E-state index contributed by atoms with van der Waals surface area (Å²) in [5.41, 5.74) is 5.85. The maximum Gasteiger partial charge on any atom is 0.274 e. The van der Waals surface area contributed by atoms with Gasteiger partial charge in [0.15, 0.2) is 11.6 Å². The number of aryl methyl sites for hydroxylation is 1. The van der Waals surface area contributed by atoms with Gasteiger partial charge in [-0.1, -0.05) is 42.5 Å². The normalized spacial score (nSPS) is 10.6. The molecule has 0 aliphatic heterocycles. The number of carbonyl (C=O) groups is 1. The van der Waals surface area contributed by atoms with Crippen molar-refractivity contribution >= 4 is 11.6 Å². The van der Waals surface area contributed by atoms with E-state index >= 15 is 0 Å². The Balaban J connectivity index is 1.63. The number of amides is 1. The van der Waals surface area contributed by atoms with Crippen molar-refractivity contribution in [3.8, 4) is 17.1 Å². The molecule has 0 aliphatic rings. The van der Waals surface area contributed by atoms with Gasteiger partial charge in [0.1, 0.15) is 0 Å². The fourth-order valence-electron chi connectivity index (χ4n) is 3.16. The molecule has 0 atom stereocenters. The largest absolute Gasteiger partial charge is 0.378 e. The van der Waals surface area contributed by atoms with E-state index in [0.717, 1.165) is 28.3 Å². The standard InChI is InChI=1S/C23H21N5O2/c1-16-7-5-6-10-20(16)22-25-21(28(26-22)19-8-3-2-4-9-19)15-24-18-13-11-17(12-14-18)23(29)27-30/h2-14,24,30H,15H2,1H3,(H,27,29). The quantitative estimate of drug-likeness (QED) is 0.337. The van der Waals surface area contributed by atoms with Crippen LogP contribution in [0.2, 0.25) is 0 Å². The maximum absolute atomic E-state index is 11.5. The van der Waals surface area contributed by atoms with E-state index in [2.05, 4.69) is 5.32 Å². The molecule has 0 radical (unpaired) electrons. The topological polar surface area (TPSA) is 92.1 Å². The van der Waals surface area contributed by atoms with Gasteiger partial charge in [-0.25, -0.2) is 15.1 Å². The predicted molar refractivity (Wildman–Crippen MR) is 115 cm³/mol. The molecule has 30 heavy (non-hydrogen) atoms. The highest BCUT2D eigenvalue weighted by atomic mass is 16.5. The fraction of sp³-hybridized carbons (Fsp3) is 0.0870. The number of nitrogens with zero attached hydrogens (tertiary/aromatic N) is 3. The average Bonchev–Trinajstić information content (AvgIpc) is 3.22. The number of hydrogen-bond donors (Lipinski definition) is 3. The number of hydroxylamine groups is 1. The number of carbonyl (C=O) groups excluding carboxylic acids is 1. The third-order valence-electron chi connectivity index (χ3n) is 4.76. The summed E-state index contributed by atoms with van der Waals surface area (Å²) in [6.07, 6.45) is 0. The summed E-state index contributed by atoms with van der Waals surface area (Å²) in [4.78, 5) is 16.3. The zero-order chi connectivity index (χ0) is 20.9. The molecular formula is C23H21N5O2. The van der Waals surface area contributed by atoms with E-state index in [0.29, 0.717) is 17.9 Å². The monoisotopic (exact) mass is 399 g/mol. The van der Waals surface area contributed by atoms with Gasteiger partial charge in [0.2, 0.25) is 0 Å². The minimum atomic E-state index is -0.548. The molecule has 1 heterocycles. The van der Waals surface area contributed by atoms with Crippen LogP contribution in [0.4, 0.5) is 5.69 Å². The van der Waals surface area contributed by atoms with E-state index in [1.165, 1.54) is 0 Å². The molecule has 0 unspecified atom stereocenters. The van der Waals surface area contributed by atoms with Gasteiger partial charge < -0.3 is 5.32 Å². The molecule has 4 aromatic rings. The summed E-state index contributed by atoms with van der Waals surface area (Å²) >= 11 is 0. The van der Waals surface area contributed by atoms with Crippen LogP contribution in [-0.2, 0) is 6.54 Å². The second-order valence-corrected chi connectivity index (χ2v) is 6.79. The first-order valence-electron chi connectivity index (χ1n) is 9.51. The van der Waals surface area contributed by atoms with Crippen LogP contribution in [0.25, 0.3) is 17.1 Å². The SMILES string of the molecule is Cc1ccccc1-c1nc(CNc2ccc(C(=O)NO)cc2)n(-c2ccccc2)n1. The van der Waals surface area contributed by atoms with Crippen LogP contribution in [0.5, 0.6) is 0 Å². The van der Waals surface area contributed by atoms with Crippen molar-refractivity contribution in [2.75, 3.05) is 5.32 Å². The molecule has 0 bridgehead atoms. The van der Waals surface area contributed by atoms with Gasteiger partial charge in [0, 0.05) is 16.8 Å². The molecule has 0 aliphatic carbocycles. The third-order valence-corrected chi connectivity index (χ3v) is 4.76. The summed E-state index contributed by atoms with van der Waals surface area (Å²) in [5, 5.41) is 16.8. The molecule has 0 saturated heterocycles. The summed E-state index contributed by atoms with van der Waals surface area (Å²) in [5.74, 6) is 0.883. The van der Waals surface area contributed by atoms with Crippen molar-refractivity contribution in [1.29, 1.82) is 0 Å². The molecule has 1 amide bonds. The lowest BCUT2D eigenvalue weighted by Gasteiger charge is -2.08. The molecule has 3 aromatic carbocycles. The Labute approximate surface area is 174 Å². The molecular weight excluding hydrogens is 378 g/mol. The van der Waals surface area contributed by atoms with Crippen molar-refractivity contribution in [3.63, 3.8) is 0 Å². The highest BCUT2D eigenvalue weighted by Gasteiger charge is 2.14. The molecule has 7 heteroatoms. The number of para-hydroxylation sites is 1. The zero-order valence-electron chi connectivity index (χ0n) is 16.4. The Kier molecular flexibility index (Phi) is 5.54. The summed E-state index contributed by atoms with van der Waals surface area (Å²) in [6, 6.07) is 24.7. The van der Waals surface area contributed by atoms with Gasteiger partial charge in [-0.05, 0) is 48.9 Å². The second kappa shape index (κ2) is 8.59. The van der Waals surface area contributed by atoms with Gasteiger partial charge >= 0.3 is 0 Å². The molecule has 1 aromatic heterocycles. The van der Waals surface area contributed by atoms with Gasteiger partial charge in [0.25, 0.3) is 5.91 Å². The molecule has 0 fully saturated rings. The Morgan fingerprint density at radius 1 is 0.967 bits per heavy atom. The van der Waals surface area contributed by atoms with Gasteiger partial charge in [0.05, 0.1) is 12.2 Å². The Morgan fingerprint density at radius 2 is 1.67 bits per heavy atom. The predicted octanol–water partition coefficient (Wildman–Crippen LogP) is 3.97. The minimum absolute atomic E-state index is 0.373. The zero-order valence-corrected chi connectivity index (χ0v) is 16.4. The molecule has 4 rings (SSSR count). The smallest absolute Gasteiger partial charge is 0.274 e. The van der Waals surface area contributed by atoms with E-state index in [1.54, 1.807) is 29.7 Å². The van der Waals surface area contributed by atoms with Crippen LogP contribution in [0.1, 0.15) is 21.7 Å². The lowest BCUT2D eigenvalue weighted by Crippen LogP contribution is -2.18. The number of hydrogen-bond acceptors (Lipinski definition) is 5. The Hall–Kier alpha value is -3.97. The van der Waals surface area contributed by atoms with Gasteiger partial charge in [-0.15, -0.1) is 5.10 Å². The summed E-state index contributed by atoms with van der Waals surface area (Å²) < 4.78 is 1.84. The number of rotatable bonds is 6. The highest BCUT2D eigenvalue weighted by Crippen LogP contribution is 2.22. The third kappa shape index (κ3) is 4.06. The molecule has 150 valence electrons. The first-order valence-corrected chi connectivity index (χ1v) is 9.51. The molecule has 0 saturated carbocycles. The summed E-state index contributed by atoms with van der Waals surface area (Å²) in [6.45, 7) is 2.49. The lowest BCUT2D eigenvalue weighted by atomic mass is 10.1. The van der Waals surface area contributed by atoms with Crippen molar-refractivity contribution in [2.24, 2.45) is 0 Å². The molecule has 7 nitrogen and oxygen atoms in total. The van der Waals surface area contributed by atoms with Crippen LogP contribution >= 0.6 is 0 Å². The Morgan fingerprint density at radius 3 is 2.37 bits per heavy atom. The van der Waals surface area contributed by atoms with Gasteiger partial charge in [-0.3, -0.25) is 10.0 Å². The van der Waals surface area contributed by atoms with E-state index in [9.17, 15) is 4.79 Å². The number of nitrogens with one attached hydrogen (secondary N) is 2. The van der Waals surface area contributed by atoms with Gasteiger partial charge in [-0.2, -0.15) is 0 Å². The average molecular weight is 399 g/mol. The second-order valence-electron chi connectivity index (χ2n) is 6.79. The number of aromatic nitrogens is 3. The number of anilines is 1. The first kappa shape index (κ1) is 19.4. The molecule has 0 spiro atoms. The van der Waals surface area contributed by atoms with Crippen molar-refractivity contribution < 1.29 is 10.0 Å². The van der Waals surface area contributed by atoms with Crippen LogP contribution in [0.15, 0.2) is 78.9 Å². The van der Waals surface area contributed by atoms with E-state index in [-0.39, 0.29) is 0 Å². The van der Waals surface area contributed by atoms with E-state index < -0.39 is 5.91 Å². The van der Waals surface area contributed by atoms with E-state index in [1.807, 2.05) is 66.2 Å². The van der Waals surface area contributed by atoms with E-state index in [4.69, 9.17) is 15.3 Å². The maximum atomic E-state index is 11.5. The van der Waals surface area contributed by atoms with Crippen molar-refractivity contribution in [3.05, 3.63) is 95.8 Å². The van der Waals surface area contributed by atoms with Crippen LogP contribution in [0, 0.1) is 6.92 Å². The van der Waals surface area contributed by atoms with Crippen molar-refractivity contribution in [1.82, 2.24) is 20.2 Å².